The highest BCUT2D eigenvalue weighted by Gasteiger charge is 2.34. The minimum atomic E-state index is -0.426. The van der Waals surface area contributed by atoms with Gasteiger partial charge in [0, 0.05) is 0 Å². The van der Waals surface area contributed by atoms with Crippen LogP contribution in [0.4, 0.5) is 0 Å². The Morgan fingerprint density at radius 2 is 2.16 bits per heavy atom. The molecule has 1 saturated heterocycles. The fourth-order valence-electron chi connectivity index (χ4n) is 1.65. The summed E-state index contributed by atoms with van der Waals surface area (Å²) >= 11 is 1.36. The van der Waals surface area contributed by atoms with E-state index in [4.69, 9.17) is 9.47 Å². The Hall–Kier alpha value is -1.75. The van der Waals surface area contributed by atoms with Crippen molar-refractivity contribution in [2.24, 2.45) is 0 Å². The second-order valence-electron chi connectivity index (χ2n) is 3.98. The summed E-state index contributed by atoms with van der Waals surface area (Å²) in [7, 11) is 0. The topological polar surface area (TPSA) is 52.6 Å². The number of hydrogen-bond donors (Lipinski definition) is 0. The average Bonchev–Trinajstić information content (AvgIpc) is 2.78. The van der Waals surface area contributed by atoms with E-state index in [1.54, 1.807) is 30.3 Å². The monoisotopic (exact) mass is 278 g/mol. The highest BCUT2D eigenvalue weighted by molar-refractivity contribution is 8.01. The predicted molar refractivity (Wildman–Crippen MR) is 72.8 cm³/mol. The van der Waals surface area contributed by atoms with Gasteiger partial charge in [-0.25, -0.2) is 4.79 Å². The molecule has 0 bridgehead atoms. The van der Waals surface area contributed by atoms with E-state index in [1.165, 1.54) is 11.8 Å². The molecule has 0 saturated carbocycles. The first kappa shape index (κ1) is 13.7. The summed E-state index contributed by atoms with van der Waals surface area (Å²) in [6.45, 7) is 3.66. The van der Waals surface area contributed by atoms with Crippen molar-refractivity contribution in [3.8, 4) is 0 Å². The maximum Gasteiger partial charge on any atom is 0.338 e. The fourth-order valence-corrected chi connectivity index (χ4v) is 2.73. The average molecular weight is 278 g/mol. The third-order valence-electron chi connectivity index (χ3n) is 2.57. The lowest BCUT2D eigenvalue weighted by atomic mass is 10.2. The van der Waals surface area contributed by atoms with E-state index in [0.29, 0.717) is 12.0 Å². The number of carbonyl (C=O) groups excluding carboxylic acids is 2. The standard InChI is InChI=1S/C14H14O4S/c1-2-6-11-14(16)18-12(19-11)9-17-13(15)10-7-4-3-5-8-10/h2-5,7-8,11-12H,1,6,9H2. The van der Waals surface area contributed by atoms with Gasteiger partial charge in [-0.1, -0.05) is 36.0 Å². The van der Waals surface area contributed by atoms with E-state index in [2.05, 4.69) is 6.58 Å². The molecule has 0 aliphatic carbocycles. The molecule has 1 aliphatic rings. The molecule has 100 valence electrons. The van der Waals surface area contributed by atoms with Gasteiger partial charge in [-0.2, -0.15) is 0 Å². The Bertz CT molecular complexity index is 472. The summed E-state index contributed by atoms with van der Waals surface area (Å²) in [4.78, 5) is 23.2. The van der Waals surface area contributed by atoms with E-state index in [1.807, 2.05) is 6.07 Å². The van der Waals surface area contributed by atoms with Gasteiger partial charge in [0.25, 0.3) is 0 Å². The molecule has 0 spiro atoms. The van der Waals surface area contributed by atoms with Crippen molar-refractivity contribution in [3.63, 3.8) is 0 Å². The van der Waals surface area contributed by atoms with Crippen LogP contribution in [0.3, 0.4) is 0 Å². The van der Waals surface area contributed by atoms with Crippen molar-refractivity contribution >= 4 is 23.7 Å². The number of benzene rings is 1. The summed E-state index contributed by atoms with van der Waals surface area (Å²) in [5.74, 6) is -0.685. The number of ether oxygens (including phenoxy) is 2. The molecule has 1 aromatic rings. The second-order valence-corrected chi connectivity index (χ2v) is 5.35. The summed E-state index contributed by atoms with van der Waals surface area (Å²) in [5.41, 5.74) is 0.0598. The summed E-state index contributed by atoms with van der Waals surface area (Å²) in [6, 6.07) is 8.71. The van der Waals surface area contributed by atoms with E-state index in [0.717, 1.165) is 0 Å². The van der Waals surface area contributed by atoms with Gasteiger partial charge in [0.15, 0.2) is 5.44 Å². The molecule has 1 fully saturated rings. The van der Waals surface area contributed by atoms with Crippen molar-refractivity contribution < 1.29 is 19.1 Å². The maximum atomic E-state index is 11.7. The number of hydrogen-bond acceptors (Lipinski definition) is 5. The first-order chi connectivity index (χ1) is 9.20. The predicted octanol–water partition coefficient (Wildman–Crippen LogP) is 2.40. The van der Waals surface area contributed by atoms with Crippen molar-refractivity contribution in [2.45, 2.75) is 17.1 Å². The quantitative estimate of drug-likeness (QED) is 0.611. The Balaban J connectivity index is 1.82. The molecule has 0 N–H and O–H groups in total. The van der Waals surface area contributed by atoms with E-state index < -0.39 is 11.4 Å². The first-order valence-corrected chi connectivity index (χ1v) is 6.84. The highest BCUT2D eigenvalue weighted by Crippen LogP contribution is 2.31. The van der Waals surface area contributed by atoms with E-state index in [9.17, 15) is 9.59 Å². The molecule has 5 heteroatoms. The van der Waals surface area contributed by atoms with Gasteiger partial charge in [-0.05, 0) is 18.6 Å². The third kappa shape index (κ3) is 3.61. The largest absolute Gasteiger partial charge is 0.457 e. The van der Waals surface area contributed by atoms with E-state index in [-0.39, 0.29) is 17.8 Å². The number of thioether (sulfide) groups is 1. The number of cyclic esters (lactones) is 1. The van der Waals surface area contributed by atoms with Crippen molar-refractivity contribution in [3.05, 3.63) is 48.6 Å². The van der Waals surface area contributed by atoms with Crippen LogP contribution in [0.25, 0.3) is 0 Å². The van der Waals surface area contributed by atoms with Gasteiger partial charge < -0.3 is 9.47 Å². The zero-order chi connectivity index (χ0) is 13.7. The van der Waals surface area contributed by atoms with Crippen LogP contribution in [0.1, 0.15) is 16.8 Å². The van der Waals surface area contributed by atoms with Gasteiger partial charge in [0.2, 0.25) is 0 Å². The molecule has 1 heterocycles. The van der Waals surface area contributed by atoms with Crippen LogP contribution >= 0.6 is 11.8 Å². The van der Waals surface area contributed by atoms with Crippen LogP contribution < -0.4 is 0 Å². The molecular formula is C14H14O4S. The molecular weight excluding hydrogens is 264 g/mol. The molecule has 0 amide bonds. The molecule has 2 atom stereocenters. The normalized spacial score (nSPS) is 21.8. The van der Waals surface area contributed by atoms with Gasteiger partial charge >= 0.3 is 11.9 Å². The van der Waals surface area contributed by atoms with Crippen molar-refractivity contribution in [1.82, 2.24) is 0 Å². The van der Waals surface area contributed by atoms with Crippen LogP contribution in [0.2, 0.25) is 0 Å². The maximum absolute atomic E-state index is 11.7. The van der Waals surface area contributed by atoms with Crippen LogP contribution in [-0.2, 0) is 14.3 Å². The molecule has 1 aliphatic heterocycles. The van der Waals surface area contributed by atoms with Gasteiger partial charge in [0.05, 0.1) is 5.56 Å². The van der Waals surface area contributed by atoms with Crippen LogP contribution in [-0.4, -0.2) is 29.2 Å². The van der Waals surface area contributed by atoms with Crippen LogP contribution in [0.15, 0.2) is 43.0 Å². The lowest BCUT2D eigenvalue weighted by molar-refractivity contribution is -0.143. The SMILES string of the molecule is C=CCC1SC(COC(=O)c2ccccc2)OC1=O. The third-order valence-corrected chi connectivity index (χ3v) is 3.82. The molecule has 0 aromatic heterocycles. The molecule has 0 radical (unpaired) electrons. The Kier molecular flexibility index (Phi) is 4.63. The zero-order valence-corrected chi connectivity index (χ0v) is 11.1. The Labute approximate surface area is 115 Å². The van der Waals surface area contributed by atoms with Crippen LogP contribution in [0.5, 0.6) is 0 Å². The van der Waals surface area contributed by atoms with Crippen LogP contribution in [0, 0.1) is 0 Å². The van der Waals surface area contributed by atoms with Gasteiger partial charge in [-0.3, -0.25) is 4.79 Å². The zero-order valence-electron chi connectivity index (χ0n) is 10.3. The number of rotatable bonds is 5. The minimum absolute atomic E-state index is 0.0672. The molecule has 19 heavy (non-hydrogen) atoms. The summed E-state index contributed by atoms with van der Waals surface area (Å²) < 4.78 is 10.2. The smallest absolute Gasteiger partial charge is 0.338 e. The lowest BCUT2D eigenvalue weighted by Gasteiger charge is -2.09. The molecule has 1 aromatic carbocycles. The van der Waals surface area contributed by atoms with Gasteiger partial charge in [-0.15, -0.1) is 6.58 Å². The second kappa shape index (κ2) is 6.43. The lowest BCUT2D eigenvalue weighted by Crippen LogP contribution is -2.16. The first-order valence-electron chi connectivity index (χ1n) is 5.89. The number of carbonyl (C=O) groups is 2. The van der Waals surface area contributed by atoms with Gasteiger partial charge in [0.1, 0.15) is 11.9 Å². The fraction of sp³-hybridized carbons (Fsp3) is 0.286. The molecule has 4 nitrogen and oxygen atoms in total. The number of allylic oxidation sites excluding steroid dienone is 1. The van der Waals surface area contributed by atoms with E-state index >= 15 is 0 Å². The number of esters is 2. The minimum Gasteiger partial charge on any atom is -0.457 e. The Morgan fingerprint density at radius 1 is 1.42 bits per heavy atom. The Morgan fingerprint density at radius 3 is 2.84 bits per heavy atom. The highest BCUT2D eigenvalue weighted by atomic mass is 32.2. The van der Waals surface area contributed by atoms with Crippen molar-refractivity contribution in [2.75, 3.05) is 6.61 Å². The molecule has 2 rings (SSSR count). The molecule has 2 unspecified atom stereocenters. The van der Waals surface area contributed by atoms with Crippen molar-refractivity contribution in [1.29, 1.82) is 0 Å². The summed E-state index contributed by atoms with van der Waals surface area (Å²) in [6.07, 6.45) is 2.24. The summed E-state index contributed by atoms with van der Waals surface area (Å²) in [5, 5.41) is -0.238.